The highest BCUT2D eigenvalue weighted by Gasteiger charge is 2.55. The Bertz CT molecular complexity index is 7000. The van der Waals surface area contributed by atoms with Crippen molar-refractivity contribution in [1.29, 1.82) is 0 Å². The predicted octanol–water partition coefficient (Wildman–Crippen LogP) is 27.3. The molecule has 121 heavy (non-hydrogen) atoms. The number of nitrogens with zero attached hydrogens (tertiary/aromatic N) is 3. The van der Waals surface area contributed by atoms with E-state index in [4.69, 9.17) is 0 Å². The van der Waals surface area contributed by atoms with Crippen LogP contribution in [0.1, 0.15) is 66.8 Å². The lowest BCUT2D eigenvalue weighted by Crippen LogP contribution is -2.61. The highest BCUT2D eigenvalue weighted by atomic mass is 15.2. The van der Waals surface area contributed by atoms with Crippen molar-refractivity contribution in [3.63, 3.8) is 0 Å². The first-order chi connectivity index (χ1) is 60.1. The molecule has 0 atom stereocenters. The topological polar surface area (TPSA) is 9.72 Å². The van der Waals surface area contributed by atoms with Crippen molar-refractivity contribution in [2.75, 3.05) is 14.7 Å². The average molecular weight is 1530 g/mol. The summed E-state index contributed by atoms with van der Waals surface area (Å²) in [6.45, 7) is -0.283. The minimum Gasteiger partial charge on any atom is -0.311 e. The summed E-state index contributed by atoms with van der Waals surface area (Å²) in [4.78, 5) is 7.98. The van der Waals surface area contributed by atoms with Crippen molar-refractivity contribution in [3.05, 3.63) is 516 Å². The van der Waals surface area contributed by atoms with Crippen molar-refractivity contribution in [3.8, 4) is 89.0 Å². The molecular weight excluding hydrogens is 1460 g/mol. The number of para-hydroxylation sites is 4. The van der Waals surface area contributed by atoms with Crippen LogP contribution >= 0.6 is 0 Å². The minimum absolute atomic E-state index is 0.283. The van der Waals surface area contributed by atoms with Gasteiger partial charge in [-0.1, -0.05) is 388 Å². The van der Waals surface area contributed by atoms with Gasteiger partial charge < -0.3 is 14.7 Å². The first-order valence-electron chi connectivity index (χ1n) is 42.4. The number of hydrogen-bond acceptors (Lipinski definition) is 3. The molecule has 0 amide bonds. The van der Waals surface area contributed by atoms with Crippen LogP contribution in [0.3, 0.4) is 0 Å². The Kier molecular flexibility index (Phi) is 14.5. The van der Waals surface area contributed by atoms with Gasteiger partial charge in [0.2, 0.25) is 0 Å². The van der Waals surface area contributed by atoms with Gasteiger partial charge in [-0.05, 0) is 222 Å². The van der Waals surface area contributed by atoms with Gasteiger partial charge in [-0.2, -0.15) is 0 Å². The van der Waals surface area contributed by atoms with Crippen molar-refractivity contribution in [2.45, 2.75) is 16.2 Å². The molecule has 0 radical (unpaired) electrons. The van der Waals surface area contributed by atoms with Crippen LogP contribution < -0.4 is 31.1 Å². The predicted molar refractivity (Wildman–Crippen MR) is 501 cm³/mol. The Labute approximate surface area is 705 Å². The van der Waals surface area contributed by atoms with Crippen LogP contribution in [0.15, 0.2) is 449 Å². The maximum atomic E-state index is 2.68. The summed E-state index contributed by atoms with van der Waals surface area (Å²) in [6.07, 6.45) is 0. The maximum absolute atomic E-state index is 2.68. The third-order valence-electron chi connectivity index (χ3n) is 27.9. The summed E-state index contributed by atoms with van der Waals surface area (Å²) in [5, 5.41) is 0. The van der Waals surface area contributed by atoms with Crippen LogP contribution in [-0.4, -0.2) is 6.71 Å². The van der Waals surface area contributed by atoms with E-state index in [-0.39, 0.29) is 6.71 Å². The molecule has 0 N–H and O–H groups in total. The third kappa shape index (κ3) is 9.18. The van der Waals surface area contributed by atoms with Gasteiger partial charge in [0.15, 0.2) is 0 Å². The fourth-order valence-electron chi connectivity index (χ4n) is 23.3. The largest absolute Gasteiger partial charge is 0.311 e. The highest BCUT2D eigenvalue weighted by Crippen LogP contribution is 2.67. The molecule has 0 aromatic heterocycles. The zero-order chi connectivity index (χ0) is 79.2. The Hall–Kier alpha value is -15.4. The van der Waals surface area contributed by atoms with Crippen LogP contribution in [0, 0.1) is 0 Å². The van der Waals surface area contributed by atoms with Gasteiger partial charge >= 0.3 is 0 Å². The van der Waals surface area contributed by atoms with Crippen LogP contribution in [0.2, 0.25) is 0 Å². The highest BCUT2D eigenvalue weighted by molar-refractivity contribution is 7.00. The molecule has 19 aromatic carbocycles. The zero-order valence-electron chi connectivity index (χ0n) is 66.1. The van der Waals surface area contributed by atoms with E-state index in [1.54, 1.807) is 0 Å². The molecule has 3 heterocycles. The molecule has 2 spiro atoms. The fourth-order valence-corrected chi connectivity index (χ4v) is 23.3. The van der Waals surface area contributed by atoms with E-state index in [2.05, 4.69) is 464 Å². The monoisotopic (exact) mass is 1530 g/mol. The molecule has 0 fully saturated rings. The van der Waals surface area contributed by atoms with Crippen molar-refractivity contribution >= 4 is 74.3 Å². The second-order valence-electron chi connectivity index (χ2n) is 33.5. The van der Waals surface area contributed by atoms with E-state index >= 15 is 0 Å². The fraction of sp³-hybridized carbons (Fsp3) is 0.0256. The number of hydrogen-bond donors (Lipinski definition) is 0. The average Bonchev–Trinajstić information content (AvgIpc) is 1.54. The Morgan fingerprint density at radius 1 is 0.157 bits per heavy atom. The standard InChI is InChI=1S/C117H74BN3/c1-5-33-75(34-6-1)77-63-67-110-104(71-77)118-105-72-78(76-35-7-2-8-36-76)64-68-111(105)121(107-58-30-20-42-85(107)80-62-66-93-91-48-18-26-54-99(91)117(103(93)70-80)96-51-23-15-45-88(96)89-46-16-24-52-97(89)117)113-74-83(119-108-59-31-27-55-100(108)115(81-37-9-3-10-38-81,82-39-11-4-12-40-82)101-56-28-32-60-109(101)119)73-112(114(113)118)120(110)106-57-29-19-41-84(106)79-61-65-92-90-47-17-25-53-98(90)116(102(92)69-79)94-49-21-13-43-86(94)87-44-14-22-50-95(87)116/h1-74H. The minimum atomic E-state index is -0.711. The van der Waals surface area contributed by atoms with E-state index in [9.17, 15) is 0 Å². The van der Waals surface area contributed by atoms with Gasteiger partial charge in [-0.3, -0.25) is 0 Å². The van der Waals surface area contributed by atoms with Crippen molar-refractivity contribution < 1.29 is 0 Å². The zero-order valence-corrected chi connectivity index (χ0v) is 66.1. The molecule has 0 unspecified atom stereocenters. The van der Waals surface area contributed by atoms with Gasteiger partial charge in [0, 0.05) is 33.9 Å². The third-order valence-corrected chi connectivity index (χ3v) is 27.9. The van der Waals surface area contributed by atoms with Gasteiger partial charge in [0.05, 0.1) is 44.7 Å². The summed E-state index contributed by atoms with van der Waals surface area (Å²) >= 11 is 0. The van der Waals surface area contributed by atoms with E-state index in [1.165, 1.54) is 139 Å². The molecule has 7 aliphatic rings. The van der Waals surface area contributed by atoms with Crippen LogP contribution in [-0.2, 0) is 16.2 Å². The van der Waals surface area contributed by atoms with E-state index < -0.39 is 16.2 Å². The van der Waals surface area contributed by atoms with Gasteiger partial charge in [0.1, 0.15) is 0 Å². The lowest BCUT2D eigenvalue weighted by molar-refractivity contribution is 0.731. The Morgan fingerprint density at radius 3 is 0.793 bits per heavy atom. The Morgan fingerprint density at radius 2 is 0.438 bits per heavy atom. The molecule has 26 rings (SSSR count). The molecule has 560 valence electrons. The molecule has 3 aliphatic heterocycles. The quantitative estimate of drug-likeness (QED) is 0.133. The molecule has 4 aliphatic carbocycles. The summed E-state index contributed by atoms with van der Waals surface area (Å²) in [7, 11) is 0. The van der Waals surface area contributed by atoms with Crippen molar-refractivity contribution in [2.24, 2.45) is 0 Å². The first kappa shape index (κ1) is 67.8. The number of fused-ring (bicyclic) bond motifs is 26. The molecule has 0 bridgehead atoms. The second-order valence-corrected chi connectivity index (χ2v) is 33.5. The summed E-state index contributed by atoms with van der Waals surface area (Å²) in [6, 6.07) is 172. The van der Waals surface area contributed by atoms with E-state index in [0.717, 1.165) is 84.6 Å². The Balaban J connectivity index is 0.772. The molecule has 4 heteroatoms. The second kappa shape index (κ2) is 25.8. The first-order valence-corrected chi connectivity index (χ1v) is 42.4. The van der Waals surface area contributed by atoms with Crippen LogP contribution in [0.4, 0.5) is 51.2 Å². The van der Waals surface area contributed by atoms with E-state index in [1.807, 2.05) is 0 Å². The summed E-state index contributed by atoms with van der Waals surface area (Å²) in [5.41, 5.74) is 46.5. The van der Waals surface area contributed by atoms with Gasteiger partial charge in [-0.15, -0.1) is 0 Å². The van der Waals surface area contributed by atoms with Gasteiger partial charge in [-0.25, -0.2) is 0 Å². The lowest BCUT2D eigenvalue weighted by atomic mass is 9.33. The lowest BCUT2D eigenvalue weighted by Gasteiger charge is -2.48. The number of rotatable bonds is 9. The summed E-state index contributed by atoms with van der Waals surface area (Å²) in [5.74, 6) is 0. The van der Waals surface area contributed by atoms with Crippen LogP contribution in [0.5, 0.6) is 0 Å². The van der Waals surface area contributed by atoms with Gasteiger partial charge in [0.25, 0.3) is 6.71 Å². The molecule has 19 aromatic rings. The molecule has 0 saturated carbocycles. The molecule has 3 nitrogen and oxygen atoms in total. The molecule has 0 saturated heterocycles. The smallest absolute Gasteiger partial charge is 0.252 e. The maximum Gasteiger partial charge on any atom is 0.252 e. The van der Waals surface area contributed by atoms with E-state index in [0.29, 0.717) is 0 Å². The molecular formula is C117H74BN3. The summed E-state index contributed by atoms with van der Waals surface area (Å²) < 4.78 is 0. The van der Waals surface area contributed by atoms with Crippen molar-refractivity contribution in [1.82, 2.24) is 0 Å². The number of benzene rings is 19. The van der Waals surface area contributed by atoms with Crippen LogP contribution in [0.25, 0.3) is 89.0 Å². The number of anilines is 9. The normalized spacial score (nSPS) is 14.4. The SMILES string of the molecule is c1ccc(-c2ccc3c(c2)B2c4cc(-c5ccccc5)ccc4N(c4ccccc4-c4ccc5c(c4)C4(c6ccccc6-c6ccccc64)c4ccccc4-5)c4cc(N5c6ccccc6C(c6ccccc6)(c6ccccc6)c6ccccc65)cc(c42)N3c2ccccc2-c2ccc3c(c2)C2(c4ccccc4-c4ccccc42)c2ccccc2-3)cc1.